The van der Waals surface area contributed by atoms with Gasteiger partial charge in [-0.1, -0.05) is 90.1 Å². The zero-order chi connectivity index (χ0) is 23.8. The molecule has 0 aliphatic carbocycles. The van der Waals surface area contributed by atoms with Crippen LogP contribution in [-0.4, -0.2) is 0 Å². The summed E-state index contributed by atoms with van der Waals surface area (Å²) >= 11 is 3.83. The van der Waals surface area contributed by atoms with Crippen molar-refractivity contribution in [3.63, 3.8) is 0 Å². The van der Waals surface area contributed by atoms with Crippen LogP contribution >= 0.6 is 22.7 Å². The summed E-state index contributed by atoms with van der Waals surface area (Å²) in [6.45, 7) is 13.9. The molecule has 0 amide bonds. The number of rotatable bonds is 1. The van der Waals surface area contributed by atoms with E-state index in [0.717, 1.165) is 0 Å². The summed E-state index contributed by atoms with van der Waals surface area (Å²) < 4.78 is 5.51. The molecule has 0 radical (unpaired) electrons. The highest BCUT2D eigenvalue weighted by Crippen LogP contribution is 2.46. The first-order valence-corrected chi connectivity index (χ1v) is 13.7. The Kier molecular flexibility index (Phi) is 4.76. The molecular weight excluding hydrogens is 448 g/mol. The standard InChI is InChI=1S/C32H30S2/c1-31(2,3)20-12-14-23-22-13-11-19(17-27(22)34-28(23)18-20)21-15-16-26-29(30(21)32(4,5)6)24-9-7-8-10-25(24)33-26/h7-18H,1-6H3. The van der Waals surface area contributed by atoms with Crippen molar-refractivity contribution in [2.45, 2.75) is 52.4 Å². The minimum Gasteiger partial charge on any atom is -0.135 e. The smallest absolute Gasteiger partial charge is 0.0361 e. The van der Waals surface area contributed by atoms with Gasteiger partial charge in [0.2, 0.25) is 0 Å². The topological polar surface area (TPSA) is 0 Å². The zero-order valence-electron chi connectivity index (χ0n) is 20.7. The highest BCUT2D eigenvalue weighted by molar-refractivity contribution is 7.26. The van der Waals surface area contributed by atoms with Crippen LogP contribution in [0.5, 0.6) is 0 Å². The maximum atomic E-state index is 2.42. The van der Waals surface area contributed by atoms with Gasteiger partial charge in [-0.3, -0.25) is 0 Å². The van der Waals surface area contributed by atoms with Crippen LogP contribution in [-0.2, 0) is 10.8 Å². The van der Waals surface area contributed by atoms with Crippen molar-refractivity contribution in [1.82, 2.24) is 0 Å². The van der Waals surface area contributed by atoms with Gasteiger partial charge in [-0.05, 0) is 57.3 Å². The van der Waals surface area contributed by atoms with Gasteiger partial charge in [-0.15, -0.1) is 22.7 Å². The summed E-state index contributed by atoms with van der Waals surface area (Å²) in [6.07, 6.45) is 0. The average molecular weight is 479 g/mol. The van der Waals surface area contributed by atoms with E-state index < -0.39 is 0 Å². The minimum atomic E-state index is 0.0371. The Balaban J connectivity index is 1.61. The molecule has 4 aromatic carbocycles. The third-order valence-electron chi connectivity index (χ3n) is 6.94. The molecule has 0 nitrogen and oxygen atoms in total. The van der Waals surface area contributed by atoms with E-state index in [2.05, 4.69) is 114 Å². The van der Waals surface area contributed by atoms with Crippen LogP contribution in [0.25, 0.3) is 51.5 Å². The van der Waals surface area contributed by atoms with Gasteiger partial charge in [0.15, 0.2) is 0 Å². The van der Waals surface area contributed by atoms with Crippen LogP contribution in [0.15, 0.2) is 72.8 Å². The molecule has 34 heavy (non-hydrogen) atoms. The fourth-order valence-electron chi connectivity index (χ4n) is 5.25. The number of hydrogen-bond donors (Lipinski definition) is 0. The number of thiophene rings is 2. The van der Waals surface area contributed by atoms with Crippen LogP contribution in [0.4, 0.5) is 0 Å². The Labute approximate surface area is 209 Å². The maximum Gasteiger partial charge on any atom is 0.0361 e. The first kappa shape index (κ1) is 21.8. The third-order valence-corrected chi connectivity index (χ3v) is 9.20. The second kappa shape index (κ2) is 7.41. The Bertz CT molecular complexity index is 1710. The number of benzene rings is 4. The lowest BCUT2D eigenvalue weighted by molar-refractivity contribution is 0.591. The molecule has 0 N–H and O–H groups in total. The Morgan fingerprint density at radius 1 is 0.529 bits per heavy atom. The lowest BCUT2D eigenvalue weighted by Crippen LogP contribution is -2.13. The summed E-state index contributed by atoms with van der Waals surface area (Å²) in [7, 11) is 0. The second-order valence-corrected chi connectivity index (χ2v) is 13.7. The molecule has 0 fully saturated rings. The van der Waals surface area contributed by atoms with Gasteiger partial charge in [0.25, 0.3) is 0 Å². The molecule has 0 saturated carbocycles. The first-order valence-electron chi connectivity index (χ1n) is 12.0. The van der Waals surface area contributed by atoms with E-state index in [1.165, 1.54) is 62.6 Å². The molecule has 6 aromatic rings. The van der Waals surface area contributed by atoms with Crippen molar-refractivity contribution >= 4 is 63.0 Å². The molecule has 6 rings (SSSR count). The van der Waals surface area contributed by atoms with Gasteiger partial charge in [-0.25, -0.2) is 0 Å². The van der Waals surface area contributed by atoms with Crippen molar-refractivity contribution in [1.29, 1.82) is 0 Å². The van der Waals surface area contributed by atoms with Crippen molar-refractivity contribution < 1.29 is 0 Å². The van der Waals surface area contributed by atoms with Crippen LogP contribution in [0.1, 0.15) is 52.7 Å². The molecule has 0 unspecified atom stereocenters. The van der Waals surface area contributed by atoms with E-state index in [4.69, 9.17) is 0 Å². The van der Waals surface area contributed by atoms with Gasteiger partial charge in [0.1, 0.15) is 0 Å². The van der Waals surface area contributed by atoms with E-state index in [1.807, 2.05) is 22.7 Å². The van der Waals surface area contributed by atoms with Gasteiger partial charge in [-0.2, -0.15) is 0 Å². The molecule has 0 aliphatic heterocycles. The zero-order valence-corrected chi connectivity index (χ0v) is 22.4. The molecule has 2 aromatic heterocycles. The van der Waals surface area contributed by atoms with E-state index in [0.29, 0.717) is 0 Å². The molecule has 0 saturated heterocycles. The lowest BCUT2D eigenvalue weighted by Gasteiger charge is -2.25. The van der Waals surface area contributed by atoms with E-state index >= 15 is 0 Å². The highest BCUT2D eigenvalue weighted by Gasteiger charge is 2.24. The predicted molar refractivity (Wildman–Crippen MR) is 155 cm³/mol. The summed E-state index contributed by atoms with van der Waals surface area (Å²) in [5.41, 5.74) is 5.73. The van der Waals surface area contributed by atoms with Crippen LogP contribution < -0.4 is 0 Å². The van der Waals surface area contributed by atoms with E-state index in [1.54, 1.807) is 0 Å². The molecular formula is C32H30S2. The summed E-state index contributed by atoms with van der Waals surface area (Å²) in [6, 6.07) is 27.6. The van der Waals surface area contributed by atoms with Crippen molar-refractivity contribution in [2.24, 2.45) is 0 Å². The fourth-order valence-corrected chi connectivity index (χ4v) is 7.55. The van der Waals surface area contributed by atoms with Crippen molar-refractivity contribution in [3.8, 4) is 11.1 Å². The third kappa shape index (κ3) is 3.39. The minimum absolute atomic E-state index is 0.0371. The molecule has 0 aliphatic rings. The van der Waals surface area contributed by atoms with E-state index in [-0.39, 0.29) is 10.8 Å². The van der Waals surface area contributed by atoms with Crippen LogP contribution in [0.2, 0.25) is 0 Å². The monoisotopic (exact) mass is 478 g/mol. The average Bonchev–Trinajstić information content (AvgIpc) is 3.34. The maximum absolute atomic E-state index is 2.42. The normalized spacial score (nSPS) is 13.0. The van der Waals surface area contributed by atoms with Gasteiger partial charge in [0, 0.05) is 40.3 Å². The molecule has 0 atom stereocenters. The molecule has 2 heterocycles. The van der Waals surface area contributed by atoms with Gasteiger partial charge in [0.05, 0.1) is 0 Å². The summed E-state index contributed by atoms with van der Waals surface area (Å²) in [5.74, 6) is 0. The highest BCUT2D eigenvalue weighted by atomic mass is 32.1. The first-order chi connectivity index (χ1) is 16.1. The SMILES string of the molecule is CC(C)(C)c1ccc2c(c1)sc1cc(-c3ccc4sc5ccccc5c4c3C(C)(C)C)ccc12. The predicted octanol–water partition coefficient (Wildman–Crippen LogP) is 10.7. The van der Waals surface area contributed by atoms with E-state index in [9.17, 15) is 0 Å². The molecule has 0 spiro atoms. The Morgan fingerprint density at radius 3 is 1.94 bits per heavy atom. The van der Waals surface area contributed by atoms with Gasteiger partial charge < -0.3 is 0 Å². The summed E-state index contributed by atoms with van der Waals surface area (Å²) in [4.78, 5) is 0. The molecule has 2 heteroatoms. The van der Waals surface area contributed by atoms with Gasteiger partial charge >= 0.3 is 0 Å². The number of hydrogen-bond acceptors (Lipinski definition) is 2. The second-order valence-electron chi connectivity index (χ2n) is 11.5. The molecule has 170 valence electrons. The van der Waals surface area contributed by atoms with Crippen LogP contribution in [0.3, 0.4) is 0 Å². The summed E-state index contributed by atoms with van der Waals surface area (Å²) in [5, 5.41) is 5.54. The lowest BCUT2D eigenvalue weighted by atomic mass is 9.79. The quantitative estimate of drug-likeness (QED) is 0.220. The Hall–Kier alpha value is -2.68. The van der Waals surface area contributed by atoms with Crippen molar-refractivity contribution in [2.75, 3.05) is 0 Å². The molecule has 0 bridgehead atoms. The van der Waals surface area contributed by atoms with Crippen molar-refractivity contribution in [3.05, 3.63) is 83.9 Å². The largest absolute Gasteiger partial charge is 0.135 e. The van der Waals surface area contributed by atoms with Crippen LogP contribution in [0, 0.1) is 0 Å². The number of fused-ring (bicyclic) bond motifs is 6. The fraction of sp³-hybridized carbons (Fsp3) is 0.250. The Morgan fingerprint density at radius 2 is 1.21 bits per heavy atom.